The standard InChI is InChI=1S/C20H26BrClN4OS/c1-2-26-18(11-8-14-6-4-3-5-7-14)24-25-20(26)28-13-19(27)23-17-10-9-15(21)12-16(17)22/h9-10,12,14H,2-8,11,13H2,1H3,(H,23,27). The second-order valence-electron chi connectivity index (χ2n) is 7.15. The molecule has 0 bridgehead atoms. The summed E-state index contributed by atoms with van der Waals surface area (Å²) in [6, 6.07) is 5.39. The van der Waals surface area contributed by atoms with Gasteiger partial charge in [0, 0.05) is 17.4 Å². The van der Waals surface area contributed by atoms with Gasteiger partial charge in [-0.15, -0.1) is 10.2 Å². The molecule has 0 unspecified atom stereocenters. The summed E-state index contributed by atoms with van der Waals surface area (Å²) in [5.74, 6) is 2.02. The molecule has 2 aromatic rings. The third-order valence-electron chi connectivity index (χ3n) is 5.15. The van der Waals surface area contributed by atoms with Crippen molar-refractivity contribution in [1.29, 1.82) is 0 Å². The predicted molar refractivity (Wildman–Crippen MR) is 119 cm³/mol. The molecule has 3 rings (SSSR count). The Morgan fingerprint density at radius 3 is 2.82 bits per heavy atom. The molecule has 28 heavy (non-hydrogen) atoms. The van der Waals surface area contributed by atoms with Crippen LogP contribution < -0.4 is 5.32 Å². The Bertz CT molecular complexity index is 807. The van der Waals surface area contributed by atoms with Crippen molar-refractivity contribution in [2.75, 3.05) is 11.1 Å². The highest BCUT2D eigenvalue weighted by molar-refractivity contribution is 9.10. The number of benzene rings is 1. The first-order chi connectivity index (χ1) is 13.6. The molecule has 0 radical (unpaired) electrons. The molecule has 0 atom stereocenters. The van der Waals surface area contributed by atoms with Crippen molar-refractivity contribution in [1.82, 2.24) is 14.8 Å². The SMILES string of the molecule is CCn1c(CCC2CCCCC2)nnc1SCC(=O)Nc1ccc(Br)cc1Cl. The minimum Gasteiger partial charge on any atom is -0.324 e. The van der Waals surface area contributed by atoms with Crippen LogP contribution in [0.1, 0.15) is 51.3 Å². The lowest BCUT2D eigenvalue weighted by atomic mass is 9.86. The number of aromatic nitrogens is 3. The van der Waals surface area contributed by atoms with Crippen LogP contribution in [0.4, 0.5) is 5.69 Å². The number of nitrogens with zero attached hydrogens (tertiary/aromatic N) is 3. The number of carbonyl (C=O) groups excluding carboxylic acids is 1. The maximum atomic E-state index is 12.3. The monoisotopic (exact) mass is 484 g/mol. The summed E-state index contributed by atoms with van der Waals surface area (Å²) < 4.78 is 3.01. The average molecular weight is 486 g/mol. The predicted octanol–water partition coefficient (Wildman–Crippen LogP) is 5.96. The number of amides is 1. The third-order valence-corrected chi connectivity index (χ3v) is 6.92. The van der Waals surface area contributed by atoms with Crippen LogP contribution in [-0.4, -0.2) is 26.4 Å². The molecular weight excluding hydrogens is 460 g/mol. The van der Waals surface area contributed by atoms with Crippen LogP contribution in [0.15, 0.2) is 27.8 Å². The van der Waals surface area contributed by atoms with E-state index >= 15 is 0 Å². The lowest BCUT2D eigenvalue weighted by molar-refractivity contribution is -0.113. The Balaban J connectivity index is 1.53. The van der Waals surface area contributed by atoms with Crippen molar-refractivity contribution in [3.8, 4) is 0 Å². The molecule has 1 aliphatic rings. The fourth-order valence-electron chi connectivity index (χ4n) is 3.64. The topological polar surface area (TPSA) is 59.8 Å². The van der Waals surface area contributed by atoms with Crippen LogP contribution in [0.25, 0.3) is 0 Å². The van der Waals surface area contributed by atoms with Crippen LogP contribution in [-0.2, 0) is 17.8 Å². The normalized spacial score (nSPS) is 15.0. The zero-order valence-electron chi connectivity index (χ0n) is 16.1. The quantitative estimate of drug-likeness (QED) is 0.469. The first-order valence-corrected chi connectivity index (χ1v) is 12.0. The number of aryl methyl sites for hydroxylation is 1. The summed E-state index contributed by atoms with van der Waals surface area (Å²) in [5, 5.41) is 12.9. The first kappa shape index (κ1) is 21.7. The van der Waals surface area contributed by atoms with Crippen molar-refractivity contribution in [2.24, 2.45) is 5.92 Å². The van der Waals surface area contributed by atoms with Crippen LogP contribution in [0, 0.1) is 5.92 Å². The number of nitrogens with one attached hydrogen (secondary N) is 1. The smallest absolute Gasteiger partial charge is 0.234 e. The molecular formula is C20H26BrClN4OS. The van der Waals surface area contributed by atoms with Crippen molar-refractivity contribution < 1.29 is 4.79 Å². The number of carbonyl (C=O) groups is 1. The second kappa shape index (κ2) is 10.6. The van der Waals surface area contributed by atoms with Crippen LogP contribution in [0.2, 0.25) is 5.02 Å². The molecule has 0 saturated heterocycles. The lowest BCUT2D eigenvalue weighted by Crippen LogP contribution is -2.15. The number of rotatable bonds is 8. The summed E-state index contributed by atoms with van der Waals surface area (Å²) in [5.41, 5.74) is 0.612. The summed E-state index contributed by atoms with van der Waals surface area (Å²) in [7, 11) is 0. The summed E-state index contributed by atoms with van der Waals surface area (Å²) in [4.78, 5) is 12.3. The minimum atomic E-state index is -0.108. The molecule has 5 nitrogen and oxygen atoms in total. The van der Waals surface area contributed by atoms with Gasteiger partial charge in [-0.25, -0.2) is 0 Å². The van der Waals surface area contributed by atoms with Crippen LogP contribution in [0.3, 0.4) is 0 Å². The number of anilines is 1. The average Bonchev–Trinajstić information content (AvgIpc) is 3.09. The lowest BCUT2D eigenvalue weighted by Gasteiger charge is -2.21. The van der Waals surface area contributed by atoms with E-state index in [2.05, 4.69) is 42.9 Å². The first-order valence-electron chi connectivity index (χ1n) is 9.86. The Kier molecular flexibility index (Phi) is 8.23. The molecule has 0 aliphatic heterocycles. The van der Waals surface area contributed by atoms with Crippen molar-refractivity contribution in [2.45, 2.75) is 63.6 Å². The van der Waals surface area contributed by atoms with Gasteiger partial charge in [-0.2, -0.15) is 0 Å². The summed E-state index contributed by atoms with van der Waals surface area (Å²) in [6.45, 7) is 2.91. The second-order valence-corrected chi connectivity index (χ2v) is 9.41. The van der Waals surface area contributed by atoms with Gasteiger partial charge in [-0.05, 0) is 37.5 Å². The number of hydrogen-bond donors (Lipinski definition) is 1. The van der Waals surface area contributed by atoms with E-state index in [0.29, 0.717) is 10.7 Å². The Hall–Kier alpha value is -1.05. The van der Waals surface area contributed by atoms with Gasteiger partial charge in [0.05, 0.1) is 16.5 Å². The zero-order valence-corrected chi connectivity index (χ0v) is 19.2. The maximum absolute atomic E-state index is 12.3. The van der Waals surface area contributed by atoms with E-state index in [1.165, 1.54) is 50.3 Å². The Morgan fingerprint density at radius 1 is 1.32 bits per heavy atom. The molecule has 1 aromatic carbocycles. The van der Waals surface area contributed by atoms with E-state index in [9.17, 15) is 4.79 Å². The van der Waals surface area contributed by atoms with E-state index in [4.69, 9.17) is 11.6 Å². The van der Waals surface area contributed by atoms with Gasteiger partial charge in [0.2, 0.25) is 5.91 Å². The molecule has 1 aliphatic carbocycles. The molecule has 1 aromatic heterocycles. The van der Waals surface area contributed by atoms with Crippen molar-refractivity contribution >= 4 is 50.9 Å². The van der Waals surface area contributed by atoms with E-state index < -0.39 is 0 Å². The fourth-order valence-corrected chi connectivity index (χ4v) is 5.19. The van der Waals surface area contributed by atoms with Gasteiger partial charge in [0.25, 0.3) is 0 Å². The molecule has 152 valence electrons. The van der Waals surface area contributed by atoms with Gasteiger partial charge >= 0.3 is 0 Å². The third kappa shape index (κ3) is 5.97. The van der Waals surface area contributed by atoms with Gasteiger partial charge in [-0.1, -0.05) is 71.4 Å². The fraction of sp³-hybridized carbons (Fsp3) is 0.550. The summed E-state index contributed by atoms with van der Waals surface area (Å²) in [6.07, 6.45) is 8.96. The van der Waals surface area contributed by atoms with Gasteiger partial charge in [0.1, 0.15) is 5.82 Å². The molecule has 1 saturated carbocycles. The van der Waals surface area contributed by atoms with Crippen molar-refractivity contribution in [3.05, 3.63) is 33.5 Å². The highest BCUT2D eigenvalue weighted by Gasteiger charge is 2.17. The molecule has 0 spiro atoms. The van der Waals surface area contributed by atoms with Gasteiger partial charge in [-0.3, -0.25) is 4.79 Å². The number of hydrogen-bond acceptors (Lipinski definition) is 4. The van der Waals surface area contributed by atoms with E-state index in [1.54, 1.807) is 12.1 Å². The number of thioether (sulfide) groups is 1. The Labute approximate surface area is 184 Å². The highest BCUT2D eigenvalue weighted by Crippen LogP contribution is 2.28. The highest BCUT2D eigenvalue weighted by atomic mass is 79.9. The van der Waals surface area contributed by atoms with Crippen molar-refractivity contribution in [3.63, 3.8) is 0 Å². The zero-order chi connectivity index (χ0) is 19.9. The largest absolute Gasteiger partial charge is 0.324 e. The van der Waals surface area contributed by atoms with Crippen LogP contribution in [0.5, 0.6) is 0 Å². The van der Waals surface area contributed by atoms with Gasteiger partial charge < -0.3 is 9.88 Å². The molecule has 1 heterocycles. The number of halogens is 2. The summed E-state index contributed by atoms with van der Waals surface area (Å²) >= 11 is 10.9. The van der Waals surface area contributed by atoms with Gasteiger partial charge in [0.15, 0.2) is 5.16 Å². The van der Waals surface area contributed by atoms with E-state index in [-0.39, 0.29) is 11.7 Å². The molecule has 1 N–H and O–H groups in total. The van der Waals surface area contributed by atoms with E-state index in [1.807, 2.05) is 6.07 Å². The molecule has 8 heteroatoms. The molecule has 1 amide bonds. The van der Waals surface area contributed by atoms with E-state index in [0.717, 1.165) is 34.3 Å². The maximum Gasteiger partial charge on any atom is 0.234 e. The molecule has 1 fully saturated rings. The van der Waals surface area contributed by atoms with Crippen LogP contribution >= 0.6 is 39.3 Å². The Morgan fingerprint density at radius 2 is 2.11 bits per heavy atom. The minimum absolute atomic E-state index is 0.108.